The molecule has 5 nitrogen and oxygen atoms in total. The molecule has 0 N–H and O–H groups in total. The Morgan fingerprint density at radius 2 is 1.50 bits per heavy atom. The molecule has 0 aliphatic carbocycles. The van der Waals surface area contributed by atoms with Crippen molar-refractivity contribution in [1.82, 2.24) is 0 Å². The number of methoxy groups -OCH3 is 2. The highest BCUT2D eigenvalue weighted by Gasteiger charge is 2.36. The van der Waals surface area contributed by atoms with Crippen molar-refractivity contribution in [3.8, 4) is 11.5 Å². The SMILES string of the molecule is COc1ccc(/C(C)=C2/C(=O)OC(=O)C2=C(C)C)cc1OC. The van der Waals surface area contributed by atoms with E-state index >= 15 is 0 Å². The minimum absolute atomic E-state index is 0.303. The van der Waals surface area contributed by atoms with E-state index < -0.39 is 11.9 Å². The molecule has 0 atom stereocenters. The number of esters is 2. The molecule has 1 aromatic carbocycles. The van der Waals surface area contributed by atoms with Gasteiger partial charge in [-0.1, -0.05) is 11.6 Å². The van der Waals surface area contributed by atoms with Gasteiger partial charge in [-0.3, -0.25) is 0 Å². The molecule has 1 aliphatic rings. The van der Waals surface area contributed by atoms with Gasteiger partial charge >= 0.3 is 11.9 Å². The van der Waals surface area contributed by atoms with Gasteiger partial charge in [0.25, 0.3) is 0 Å². The Morgan fingerprint density at radius 3 is 2.05 bits per heavy atom. The van der Waals surface area contributed by atoms with Gasteiger partial charge < -0.3 is 14.2 Å². The van der Waals surface area contributed by atoms with Crippen molar-refractivity contribution < 1.29 is 23.8 Å². The maximum absolute atomic E-state index is 12.0. The quantitative estimate of drug-likeness (QED) is 0.488. The highest BCUT2D eigenvalue weighted by atomic mass is 16.6. The lowest BCUT2D eigenvalue weighted by molar-refractivity contribution is -0.149. The predicted octanol–water partition coefficient (Wildman–Crippen LogP) is 2.90. The fourth-order valence-corrected chi connectivity index (χ4v) is 2.40. The molecule has 22 heavy (non-hydrogen) atoms. The van der Waals surface area contributed by atoms with Crippen molar-refractivity contribution in [3.05, 3.63) is 40.5 Å². The van der Waals surface area contributed by atoms with Gasteiger partial charge in [-0.05, 0) is 44.0 Å². The molecule has 116 valence electrons. The van der Waals surface area contributed by atoms with Crippen molar-refractivity contribution in [2.75, 3.05) is 14.2 Å². The molecule has 0 saturated carbocycles. The Bertz CT molecular complexity index is 706. The van der Waals surface area contributed by atoms with Crippen molar-refractivity contribution in [1.29, 1.82) is 0 Å². The van der Waals surface area contributed by atoms with Crippen LogP contribution in [0.2, 0.25) is 0 Å². The molecule has 1 saturated heterocycles. The van der Waals surface area contributed by atoms with Gasteiger partial charge in [-0.15, -0.1) is 0 Å². The summed E-state index contributed by atoms with van der Waals surface area (Å²) < 4.78 is 15.2. The van der Waals surface area contributed by atoms with Gasteiger partial charge in [-0.2, -0.15) is 0 Å². The first-order valence-corrected chi connectivity index (χ1v) is 6.78. The molecule has 5 heteroatoms. The Balaban J connectivity index is 2.63. The second kappa shape index (κ2) is 6.05. The summed E-state index contributed by atoms with van der Waals surface area (Å²) in [5.74, 6) is -0.0683. The molecular formula is C17H18O5. The van der Waals surface area contributed by atoms with Crippen LogP contribution in [0, 0.1) is 0 Å². The Morgan fingerprint density at radius 1 is 0.909 bits per heavy atom. The topological polar surface area (TPSA) is 61.8 Å². The van der Waals surface area contributed by atoms with E-state index in [1.807, 2.05) is 6.07 Å². The van der Waals surface area contributed by atoms with E-state index in [9.17, 15) is 9.59 Å². The van der Waals surface area contributed by atoms with Crippen LogP contribution in [0.5, 0.6) is 11.5 Å². The molecule has 1 fully saturated rings. The maximum atomic E-state index is 12.0. The molecule has 0 radical (unpaired) electrons. The van der Waals surface area contributed by atoms with Crippen LogP contribution >= 0.6 is 0 Å². The van der Waals surface area contributed by atoms with Crippen LogP contribution < -0.4 is 9.47 Å². The van der Waals surface area contributed by atoms with Crippen LogP contribution in [0.3, 0.4) is 0 Å². The molecule has 1 heterocycles. The normalized spacial score (nSPS) is 16.5. The van der Waals surface area contributed by atoms with E-state index in [2.05, 4.69) is 0 Å². The lowest BCUT2D eigenvalue weighted by Crippen LogP contribution is -2.00. The molecule has 0 unspecified atom stereocenters. The molecule has 0 aromatic heterocycles. The number of hydrogen-bond donors (Lipinski definition) is 0. The number of cyclic esters (lactones) is 2. The number of allylic oxidation sites excluding steroid dienone is 2. The first kappa shape index (κ1) is 15.8. The average Bonchev–Trinajstić information content (AvgIpc) is 2.80. The van der Waals surface area contributed by atoms with Crippen LogP contribution in [0.25, 0.3) is 5.57 Å². The third-order valence-electron chi connectivity index (χ3n) is 3.54. The zero-order valence-corrected chi connectivity index (χ0v) is 13.3. The number of hydrogen-bond acceptors (Lipinski definition) is 5. The number of carbonyl (C=O) groups excluding carboxylic acids is 2. The van der Waals surface area contributed by atoms with E-state index in [0.717, 1.165) is 11.1 Å². The third kappa shape index (κ3) is 2.62. The summed E-state index contributed by atoms with van der Waals surface area (Å²) in [5, 5.41) is 0. The smallest absolute Gasteiger partial charge is 0.347 e. The van der Waals surface area contributed by atoms with Crippen molar-refractivity contribution >= 4 is 17.5 Å². The summed E-state index contributed by atoms with van der Waals surface area (Å²) in [6, 6.07) is 5.32. The number of rotatable bonds is 3. The van der Waals surface area contributed by atoms with Crippen LogP contribution in [0.15, 0.2) is 34.9 Å². The molecular weight excluding hydrogens is 284 g/mol. The summed E-state index contributed by atoms with van der Waals surface area (Å²) in [4.78, 5) is 23.8. The highest BCUT2D eigenvalue weighted by Crippen LogP contribution is 2.35. The van der Waals surface area contributed by atoms with Crippen molar-refractivity contribution in [2.24, 2.45) is 0 Å². The number of ether oxygens (including phenoxy) is 3. The molecule has 2 rings (SSSR count). The van der Waals surface area contributed by atoms with Gasteiger partial charge in [0.2, 0.25) is 0 Å². The van der Waals surface area contributed by atoms with Crippen molar-refractivity contribution in [3.63, 3.8) is 0 Å². The minimum Gasteiger partial charge on any atom is -0.493 e. The fraction of sp³-hybridized carbons (Fsp3) is 0.294. The van der Waals surface area contributed by atoms with E-state index in [0.29, 0.717) is 28.2 Å². The van der Waals surface area contributed by atoms with Crippen molar-refractivity contribution in [2.45, 2.75) is 20.8 Å². The van der Waals surface area contributed by atoms with Crippen LogP contribution in [-0.2, 0) is 14.3 Å². The fourth-order valence-electron chi connectivity index (χ4n) is 2.40. The number of benzene rings is 1. The van der Waals surface area contributed by atoms with Gasteiger partial charge in [0.15, 0.2) is 11.5 Å². The summed E-state index contributed by atoms with van der Waals surface area (Å²) >= 11 is 0. The summed E-state index contributed by atoms with van der Waals surface area (Å²) in [6.45, 7) is 5.33. The molecule has 0 bridgehead atoms. The Hall–Kier alpha value is -2.56. The second-order valence-electron chi connectivity index (χ2n) is 5.12. The average molecular weight is 302 g/mol. The molecule has 0 spiro atoms. The highest BCUT2D eigenvalue weighted by molar-refractivity contribution is 6.22. The summed E-state index contributed by atoms with van der Waals surface area (Å²) in [7, 11) is 3.09. The maximum Gasteiger partial charge on any atom is 0.347 e. The molecule has 1 aromatic rings. The van der Waals surface area contributed by atoms with E-state index in [1.54, 1.807) is 47.1 Å². The lowest BCUT2D eigenvalue weighted by atomic mass is 9.94. The van der Waals surface area contributed by atoms with Gasteiger partial charge in [0.05, 0.1) is 25.4 Å². The van der Waals surface area contributed by atoms with E-state index in [4.69, 9.17) is 14.2 Å². The summed E-state index contributed by atoms with van der Waals surface area (Å²) in [5.41, 5.74) is 2.80. The van der Waals surface area contributed by atoms with E-state index in [1.165, 1.54) is 0 Å². The second-order valence-corrected chi connectivity index (χ2v) is 5.12. The molecule has 1 aliphatic heterocycles. The third-order valence-corrected chi connectivity index (χ3v) is 3.54. The molecule has 0 amide bonds. The lowest BCUT2D eigenvalue weighted by Gasteiger charge is -2.11. The van der Waals surface area contributed by atoms with Gasteiger partial charge in [0, 0.05) is 0 Å². The summed E-state index contributed by atoms with van der Waals surface area (Å²) in [6.07, 6.45) is 0. The zero-order chi connectivity index (χ0) is 16.4. The predicted molar refractivity (Wildman–Crippen MR) is 81.6 cm³/mol. The standard InChI is InChI=1S/C17H18O5/c1-9(2)14-15(17(19)22-16(14)18)10(3)11-6-7-12(20-4)13(8-11)21-5/h6-8H,1-5H3/b15-10+. The Labute approximate surface area is 129 Å². The zero-order valence-electron chi connectivity index (χ0n) is 13.3. The Kier molecular flexibility index (Phi) is 4.35. The van der Waals surface area contributed by atoms with Gasteiger partial charge in [0.1, 0.15) is 0 Å². The van der Waals surface area contributed by atoms with E-state index in [-0.39, 0.29) is 0 Å². The minimum atomic E-state index is -0.617. The number of carbonyl (C=O) groups is 2. The van der Waals surface area contributed by atoms with Crippen LogP contribution in [-0.4, -0.2) is 26.2 Å². The van der Waals surface area contributed by atoms with Crippen LogP contribution in [0.4, 0.5) is 0 Å². The first-order chi connectivity index (χ1) is 10.4. The van der Waals surface area contributed by atoms with Gasteiger partial charge in [-0.25, -0.2) is 9.59 Å². The monoisotopic (exact) mass is 302 g/mol. The largest absolute Gasteiger partial charge is 0.493 e. The first-order valence-electron chi connectivity index (χ1n) is 6.78. The van der Waals surface area contributed by atoms with Crippen LogP contribution in [0.1, 0.15) is 26.3 Å².